The summed E-state index contributed by atoms with van der Waals surface area (Å²) in [5.74, 6) is 0.0862. The summed E-state index contributed by atoms with van der Waals surface area (Å²) in [6, 6.07) is 4.29. The van der Waals surface area contributed by atoms with E-state index in [9.17, 15) is 13.2 Å². The van der Waals surface area contributed by atoms with Gasteiger partial charge in [-0.15, -0.1) is 11.6 Å². The van der Waals surface area contributed by atoms with E-state index in [0.717, 1.165) is 25.3 Å². The molecule has 0 fully saturated rings. The van der Waals surface area contributed by atoms with Gasteiger partial charge in [0.15, 0.2) is 0 Å². The van der Waals surface area contributed by atoms with Crippen LogP contribution in [0.4, 0.5) is 18.9 Å². The van der Waals surface area contributed by atoms with E-state index >= 15 is 0 Å². The molecule has 5 heteroatoms. The standard InChI is InChI=1S/C14H19ClF3N/c1-3-4-5-8-19(2)13-7-6-11(10-15)9-12(13)14(16,17)18/h6-7,9H,3-5,8,10H2,1-2H3. The Hall–Kier alpha value is -0.900. The number of nitrogens with zero attached hydrogens (tertiary/aromatic N) is 1. The van der Waals surface area contributed by atoms with Crippen LogP contribution in [-0.4, -0.2) is 13.6 Å². The fourth-order valence-corrected chi connectivity index (χ4v) is 2.11. The monoisotopic (exact) mass is 293 g/mol. The zero-order chi connectivity index (χ0) is 14.5. The average Bonchev–Trinajstić information content (AvgIpc) is 2.37. The SMILES string of the molecule is CCCCCN(C)c1ccc(CCl)cc1C(F)(F)F. The molecule has 0 aliphatic carbocycles. The Morgan fingerprint density at radius 1 is 1.21 bits per heavy atom. The number of hydrogen-bond donors (Lipinski definition) is 0. The molecule has 0 atom stereocenters. The minimum atomic E-state index is -4.35. The topological polar surface area (TPSA) is 3.24 Å². The number of halogens is 4. The van der Waals surface area contributed by atoms with Crippen LogP contribution in [0, 0.1) is 0 Å². The van der Waals surface area contributed by atoms with Gasteiger partial charge in [0.05, 0.1) is 5.56 Å². The Labute approximate surface area is 117 Å². The second-order valence-electron chi connectivity index (χ2n) is 4.61. The summed E-state index contributed by atoms with van der Waals surface area (Å²) in [5.41, 5.74) is 0.0989. The van der Waals surface area contributed by atoms with E-state index in [1.165, 1.54) is 6.07 Å². The second-order valence-corrected chi connectivity index (χ2v) is 4.88. The molecule has 0 heterocycles. The average molecular weight is 294 g/mol. The minimum Gasteiger partial charge on any atom is -0.374 e. The summed E-state index contributed by atoms with van der Waals surface area (Å²) < 4.78 is 39.1. The summed E-state index contributed by atoms with van der Waals surface area (Å²) in [6.07, 6.45) is -1.39. The van der Waals surface area contributed by atoms with Gasteiger partial charge >= 0.3 is 6.18 Å². The zero-order valence-corrected chi connectivity index (χ0v) is 12.0. The molecule has 0 saturated heterocycles. The van der Waals surface area contributed by atoms with Gasteiger partial charge in [-0.3, -0.25) is 0 Å². The first-order chi connectivity index (χ1) is 8.90. The van der Waals surface area contributed by atoms with Gasteiger partial charge in [-0.05, 0) is 24.1 Å². The lowest BCUT2D eigenvalue weighted by Crippen LogP contribution is -2.22. The van der Waals surface area contributed by atoms with E-state index in [0.29, 0.717) is 12.1 Å². The van der Waals surface area contributed by atoms with Crippen LogP contribution in [0.25, 0.3) is 0 Å². The number of benzene rings is 1. The first kappa shape index (κ1) is 16.2. The largest absolute Gasteiger partial charge is 0.418 e. The number of hydrogen-bond acceptors (Lipinski definition) is 1. The predicted octanol–water partition coefficient (Wildman–Crippen LogP) is 5.07. The van der Waals surface area contributed by atoms with Gasteiger partial charge in [0.25, 0.3) is 0 Å². The van der Waals surface area contributed by atoms with Gasteiger partial charge in [-0.2, -0.15) is 13.2 Å². The number of rotatable bonds is 6. The highest BCUT2D eigenvalue weighted by molar-refractivity contribution is 6.17. The smallest absolute Gasteiger partial charge is 0.374 e. The lowest BCUT2D eigenvalue weighted by molar-refractivity contribution is -0.137. The molecule has 0 radical (unpaired) electrons. The maximum atomic E-state index is 13.0. The fourth-order valence-electron chi connectivity index (χ4n) is 1.95. The van der Waals surface area contributed by atoms with E-state index in [1.807, 2.05) is 0 Å². The van der Waals surface area contributed by atoms with Gasteiger partial charge in [0, 0.05) is 25.2 Å². The molecule has 1 rings (SSSR count). The van der Waals surface area contributed by atoms with Crippen molar-refractivity contribution in [2.75, 3.05) is 18.5 Å². The third-order valence-electron chi connectivity index (χ3n) is 3.03. The van der Waals surface area contributed by atoms with Crippen molar-refractivity contribution in [1.29, 1.82) is 0 Å². The highest BCUT2D eigenvalue weighted by Gasteiger charge is 2.34. The predicted molar refractivity (Wildman–Crippen MR) is 73.8 cm³/mol. The Morgan fingerprint density at radius 3 is 2.42 bits per heavy atom. The quantitative estimate of drug-likeness (QED) is 0.523. The molecule has 0 saturated carbocycles. The van der Waals surface area contributed by atoms with Crippen LogP contribution in [0.15, 0.2) is 18.2 Å². The number of alkyl halides is 4. The van der Waals surface area contributed by atoms with Crippen molar-refractivity contribution in [3.05, 3.63) is 29.3 Å². The van der Waals surface area contributed by atoms with Crippen LogP contribution in [0.1, 0.15) is 37.3 Å². The van der Waals surface area contributed by atoms with Crippen LogP contribution in [0.3, 0.4) is 0 Å². The highest BCUT2D eigenvalue weighted by atomic mass is 35.5. The Morgan fingerprint density at radius 2 is 1.89 bits per heavy atom. The first-order valence-corrected chi connectivity index (χ1v) is 6.90. The summed E-state index contributed by atoms with van der Waals surface area (Å²) in [7, 11) is 1.70. The molecular formula is C14H19ClF3N. The number of anilines is 1. The lowest BCUT2D eigenvalue weighted by Gasteiger charge is -2.24. The van der Waals surface area contributed by atoms with Crippen molar-refractivity contribution in [2.24, 2.45) is 0 Å². The molecule has 0 spiro atoms. The molecule has 1 aromatic carbocycles. The van der Waals surface area contributed by atoms with Crippen molar-refractivity contribution in [1.82, 2.24) is 0 Å². The van der Waals surface area contributed by atoms with Crippen LogP contribution in [0.5, 0.6) is 0 Å². The normalized spacial score (nSPS) is 11.7. The number of unbranched alkanes of at least 4 members (excludes halogenated alkanes) is 2. The Kier molecular flexibility index (Phi) is 5.98. The molecule has 0 N–H and O–H groups in total. The molecule has 0 aliphatic rings. The lowest BCUT2D eigenvalue weighted by atomic mass is 10.1. The van der Waals surface area contributed by atoms with Crippen LogP contribution < -0.4 is 4.90 Å². The van der Waals surface area contributed by atoms with Crippen molar-refractivity contribution >= 4 is 17.3 Å². The molecule has 19 heavy (non-hydrogen) atoms. The van der Waals surface area contributed by atoms with Gasteiger partial charge in [0.1, 0.15) is 0 Å². The van der Waals surface area contributed by atoms with Crippen LogP contribution >= 0.6 is 11.6 Å². The van der Waals surface area contributed by atoms with E-state index in [-0.39, 0.29) is 11.6 Å². The Balaban J connectivity index is 2.98. The van der Waals surface area contributed by atoms with Crippen molar-refractivity contribution in [3.8, 4) is 0 Å². The van der Waals surface area contributed by atoms with E-state index in [4.69, 9.17) is 11.6 Å². The van der Waals surface area contributed by atoms with Crippen molar-refractivity contribution in [2.45, 2.75) is 38.2 Å². The molecule has 0 unspecified atom stereocenters. The van der Waals surface area contributed by atoms with E-state index < -0.39 is 11.7 Å². The van der Waals surface area contributed by atoms with Gasteiger partial charge in [0.2, 0.25) is 0 Å². The second kappa shape index (κ2) is 7.04. The van der Waals surface area contributed by atoms with Gasteiger partial charge in [-0.25, -0.2) is 0 Å². The fraction of sp³-hybridized carbons (Fsp3) is 0.571. The highest BCUT2D eigenvalue weighted by Crippen LogP contribution is 2.37. The third kappa shape index (κ3) is 4.60. The summed E-state index contributed by atoms with van der Waals surface area (Å²) in [5, 5.41) is 0. The third-order valence-corrected chi connectivity index (χ3v) is 3.34. The van der Waals surface area contributed by atoms with Crippen LogP contribution in [-0.2, 0) is 12.1 Å². The molecule has 0 aliphatic heterocycles. The van der Waals surface area contributed by atoms with E-state index in [1.54, 1.807) is 18.0 Å². The minimum absolute atomic E-state index is 0.0862. The maximum Gasteiger partial charge on any atom is 0.418 e. The molecule has 1 aromatic rings. The summed E-state index contributed by atoms with van der Waals surface area (Å²) >= 11 is 5.60. The van der Waals surface area contributed by atoms with E-state index in [2.05, 4.69) is 6.92 Å². The van der Waals surface area contributed by atoms with Crippen molar-refractivity contribution in [3.63, 3.8) is 0 Å². The van der Waals surface area contributed by atoms with Gasteiger partial charge < -0.3 is 4.90 Å². The zero-order valence-electron chi connectivity index (χ0n) is 11.2. The molecule has 108 valence electrons. The molecule has 0 aromatic heterocycles. The first-order valence-electron chi connectivity index (χ1n) is 6.37. The molecule has 0 bridgehead atoms. The maximum absolute atomic E-state index is 13.0. The summed E-state index contributed by atoms with van der Waals surface area (Å²) in [4.78, 5) is 1.66. The molecule has 1 nitrogen and oxygen atoms in total. The molecular weight excluding hydrogens is 275 g/mol. The Bertz CT molecular complexity index is 404. The van der Waals surface area contributed by atoms with Crippen LogP contribution in [0.2, 0.25) is 0 Å². The molecule has 0 amide bonds. The van der Waals surface area contributed by atoms with Crippen molar-refractivity contribution < 1.29 is 13.2 Å². The summed E-state index contributed by atoms with van der Waals surface area (Å²) in [6.45, 7) is 2.69. The van der Waals surface area contributed by atoms with Gasteiger partial charge in [-0.1, -0.05) is 25.8 Å².